The van der Waals surface area contributed by atoms with Gasteiger partial charge in [0, 0.05) is 0 Å². The number of ether oxygens (including phenoxy) is 1. The second kappa shape index (κ2) is 2.81. The Balaban J connectivity index is 3.11. The first-order chi connectivity index (χ1) is 6.23. The molecule has 78 valence electrons. The third-order valence-corrected chi connectivity index (χ3v) is 2.69. The fourth-order valence-electron chi connectivity index (χ4n) is 1.20. The van der Waals surface area contributed by atoms with Crippen LogP contribution in [0, 0.1) is 0 Å². The molecule has 14 heavy (non-hydrogen) atoms. The van der Waals surface area contributed by atoms with Gasteiger partial charge in [-0.25, -0.2) is 0 Å². The number of hydrogen-bond acceptors (Lipinski definition) is 5. The number of hydrogen-bond donors (Lipinski definition) is 2. The first-order valence-corrected chi connectivity index (χ1v) is 4.08. The van der Waals surface area contributed by atoms with Crippen LogP contribution in [-0.4, -0.2) is 33.0 Å². The molecule has 0 aromatic carbocycles. The number of rotatable bonds is 2. The Kier molecular flexibility index (Phi) is 2.15. The minimum absolute atomic E-state index is 0.589. The van der Waals surface area contributed by atoms with Crippen molar-refractivity contribution in [2.75, 3.05) is 0 Å². The van der Waals surface area contributed by atoms with Crippen LogP contribution in [0.1, 0.15) is 20.8 Å². The van der Waals surface area contributed by atoms with Gasteiger partial charge in [-0.2, -0.15) is 0 Å². The zero-order valence-corrected chi connectivity index (χ0v) is 8.20. The summed E-state index contributed by atoms with van der Waals surface area (Å²) in [6, 6.07) is 0. The van der Waals surface area contributed by atoms with Crippen molar-refractivity contribution in [3.05, 3.63) is 12.0 Å². The van der Waals surface area contributed by atoms with Crippen molar-refractivity contribution in [3.8, 4) is 0 Å². The van der Waals surface area contributed by atoms with Gasteiger partial charge in [0.05, 0.1) is 0 Å². The van der Waals surface area contributed by atoms with E-state index in [4.69, 9.17) is 9.84 Å². The van der Waals surface area contributed by atoms with Gasteiger partial charge in [-0.1, -0.05) is 0 Å². The molecule has 0 saturated carbocycles. The number of aliphatic hydroxyl groups excluding tert-OH is 1. The molecule has 2 unspecified atom stereocenters. The first kappa shape index (κ1) is 10.7. The van der Waals surface area contributed by atoms with Crippen LogP contribution >= 0.6 is 0 Å². The van der Waals surface area contributed by atoms with E-state index in [1.165, 1.54) is 13.8 Å². The number of carbonyl (C=O) groups excluding carboxylic acids is 2. The molecule has 0 bridgehead atoms. The highest BCUT2D eigenvalue weighted by atomic mass is 16.5. The molecule has 0 radical (unpaired) electrons. The summed E-state index contributed by atoms with van der Waals surface area (Å²) in [7, 11) is 0. The van der Waals surface area contributed by atoms with Gasteiger partial charge in [-0.05, 0) is 20.8 Å². The van der Waals surface area contributed by atoms with Gasteiger partial charge in [-0.3, -0.25) is 9.59 Å². The van der Waals surface area contributed by atoms with E-state index < -0.39 is 28.5 Å². The standard InChI is InChI=1S/C9H12O5/c1-5(10)8(2,13)9(3)7(12)6(11)4-14-9/h4,11,13H,1-3H3. The summed E-state index contributed by atoms with van der Waals surface area (Å²) in [5.74, 6) is -1.98. The quantitative estimate of drug-likeness (QED) is 0.659. The number of Topliss-reactive ketones (excluding diaryl/α,β-unsaturated/α-hetero) is 2. The molecule has 0 spiro atoms. The van der Waals surface area contributed by atoms with Crippen LogP contribution in [0.3, 0.4) is 0 Å². The van der Waals surface area contributed by atoms with Crippen LogP contribution in [0.4, 0.5) is 0 Å². The van der Waals surface area contributed by atoms with Crippen molar-refractivity contribution in [1.29, 1.82) is 0 Å². The Morgan fingerprint density at radius 2 is 2.14 bits per heavy atom. The van der Waals surface area contributed by atoms with Crippen molar-refractivity contribution >= 4 is 11.6 Å². The van der Waals surface area contributed by atoms with Crippen molar-refractivity contribution in [1.82, 2.24) is 0 Å². The third-order valence-electron chi connectivity index (χ3n) is 2.69. The fourth-order valence-corrected chi connectivity index (χ4v) is 1.20. The van der Waals surface area contributed by atoms with Gasteiger partial charge in [-0.15, -0.1) is 0 Å². The van der Waals surface area contributed by atoms with Crippen LogP contribution in [0.25, 0.3) is 0 Å². The number of aliphatic hydroxyl groups is 2. The molecule has 1 aliphatic heterocycles. The van der Waals surface area contributed by atoms with E-state index in [9.17, 15) is 14.7 Å². The second-order valence-corrected chi connectivity index (χ2v) is 3.61. The zero-order chi connectivity index (χ0) is 11.1. The third kappa shape index (κ3) is 1.13. The predicted molar refractivity (Wildman–Crippen MR) is 46.5 cm³/mol. The summed E-state index contributed by atoms with van der Waals surface area (Å²) in [4.78, 5) is 22.5. The molecular weight excluding hydrogens is 188 g/mol. The molecule has 0 fully saturated rings. The van der Waals surface area contributed by atoms with Gasteiger partial charge in [0.15, 0.2) is 17.1 Å². The van der Waals surface area contributed by atoms with E-state index in [1.807, 2.05) is 0 Å². The van der Waals surface area contributed by atoms with Crippen LogP contribution in [-0.2, 0) is 14.3 Å². The summed E-state index contributed by atoms with van der Waals surface area (Å²) in [6.07, 6.45) is 0.833. The van der Waals surface area contributed by atoms with E-state index >= 15 is 0 Å². The largest absolute Gasteiger partial charge is 0.502 e. The highest BCUT2D eigenvalue weighted by Crippen LogP contribution is 2.34. The summed E-state index contributed by atoms with van der Waals surface area (Å²) in [5, 5.41) is 18.8. The monoisotopic (exact) mass is 200 g/mol. The minimum Gasteiger partial charge on any atom is -0.502 e. The molecule has 5 nitrogen and oxygen atoms in total. The molecular formula is C9H12O5. The molecule has 0 amide bonds. The summed E-state index contributed by atoms with van der Waals surface area (Å²) >= 11 is 0. The topological polar surface area (TPSA) is 83.8 Å². The lowest BCUT2D eigenvalue weighted by Gasteiger charge is -2.34. The lowest BCUT2D eigenvalue weighted by molar-refractivity contribution is -0.169. The van der Waals surface area contributed by atoms with Gasteiger partial charge >= 0.3 is 0 Å². The summed E-state index contributed by atoms with van der Waals surface area (Å²) in [5.41, 5.74) is -3.69. The number of carbonyl (C=O) groups is 2. The summed E-state index contributed by atoms with van der Waals surface area (Å²) < 4.78 is 4.86. The van der Waals surface area contributed by atoms with Gasteiger partial charge in [0.1, 0.15) is 6.26 Å². The van der Waals surface area contributed by atoms with Crippen molar-refractivity contribution in [2.45, 2.75) is 32.0 Å². The molecule has 1 aliphatic rings. The maximum atomic E-state index is 11.4. The lowest BCUT2D eigenvalue weighted by atomic mass is 9.80. The Bertz CT molecular complexity index is 328. The smallest absolute Gasteiger partial charge is 0.246 e. The highest BCUT2D eigenvalue weighted by molar-refractivity contribution is 6.06. The molecule has 2 N–H and O–H groups in total. The minimum atomic E-state index is -1.95. The molecule has 0 aromatic rings. The molecule has 5 heteroatoms. The van der Waals surface area contributed by atoms with Gasteiger partial charge < -0.3 is 14.9 Å². The average molecular weight is 200 g/mol. The van der Waals surface area contributed by atoms with Crippen molar-refractivity contribution < 1.29 is 24.5 Å². The molecule has 0 aliphatic carbocycles. The van der Waals surface area contributed by atoms with E-state index in [0.717, 1.165) is 13.2 Å². The maximum absolute atomic E-state index is 11.4. The van der Waals surface area contributed by atoms with E-state index in [2.05, 4.69) is 0 Å². The lowest BCUT2D eigenvalue weighted by Crippen LogP contribution is -2.58. The highest BCUT2D eigenvalue weighted by Gasteiger charge is 2.57. The number of ketones is 2. The van der Waals surface area contributed by atoms with Crippen LogP contribution in [0.5, 0.6) is 0 Å². The van der Waals surface area contributed by atoms with Crippen LogP contribution in [0.15, 0.2) is 12.0 Å². The average Bonchev–Trinajstić information content (AvgIpc) is 2.34. The molecule has 2 atom stereocenters. The second-order valence-electron chi connectivity index (χ2n) is 3.61. The Morgan fingerprint density at radius 1 is 1.64 bits per heavy atom. The van der Waals surface area contributed by atoms with Crippen LogP contribution < -0.4 is 0 Å². The molecule has 0 saturated heterocycles. The fraction of sp³-hybridized carbons (Fsp3) is 0.556. The predicted octanol–water partition coefficient (Wildman–Crippen LogP) is 0.0838. The van der Waals surface area contributed by atoms with Crippen molar-refractivity contribution in [2.24, 2.45) is 0 Å². The molecule has 0 aromatic heterocycles. The van der Waals surface area contributed by atoms with E-state index in [0.29, 0.717) is 0 Å². The SMILES string of the molecule is CC(=O)C(C)(O)C1(C)OC=C(O)C1=O. The Morgan fingerprint density at radius 3 is 2.43 bits per heavy atom. The molecule has 1 rings (SSSR count). The van der Waals surface area contributed by atoms with Crippen molar-refractivity contribution in [3.63, 3.8) is 0 Å². The summed E-state index contributed by atoms with van der Waals surface area (Å²) in [6.45, 7) is 3.59. The van der Waals surface area contributed by atoms with Crippen LogP contribution in [0.2, 0.25) is 0 Å². The normalized spacial score (nSPS) is 30.6. The zero-order valence-electron chi connectivity index (χ0n) is 8.20. The van der Waals surface area contributed by atoms with E-state index in [1.54, 1.807) is 0 Å². The Labute approximate surface area is 81.0 Å². The van der Waals surface area contributed by atoms with Gasteiger partial charge in [0.2, 0.25) is 11.4 Å². The maximum Gasteiger partial charge on any atom is 0.246 e. The van der Waals surface area contributed by atoms with Gasteiger partial charge in [0.25, 0.3) is 0 Å². The Hall–Kier alpha value is -1.36. The first-order valence-electron chi connectivity index (χ1n) is 4.08. The molecule has 1 heterocycles. The van der Waals surface area contributed by atoms with E-state index in [-0.39, 0.29) is 0 Å².